The second-order valence-corrected chi connectivity index (χ2v) is 12.7. The van der Waals surface area contributed by atoms with Gasteiger partial charge in [-0.3, -0.25) is 14.4 Å². The lowest BCUT2D eigenvalue weighted by molar-refractivity contribution is -0.115. The summed E-state index contributed by atoms with van der Waals surface area (Å²) < 4.78 is 5.89. The predicted molar refractivity (Wildman–Crippen MR) is 194 cm³/mol. The normalized spacial score (nSPS) is 11.7. The summed E-state index contributed by atoms with van der Waals surface area (Å²) in [5.74, 6) is -0.296. The molecule has 3 amide bonds. The molecule has 0 heterocycles. The Bertz CT molecular complexity index is 1890. The molecule has 3 N–H and O–H groups in total. The third-order valence-electron chi connectivity index (χ3n) is 7.54. The van der Waals surface area contributed by atoms with Crippen LogP contribution in [0.15, 0.2) is 138 Å². The maximum atomic E-state index is 13.5. The monoisotopic (exact) mass is 655 g/mol. The lowest BCUT2D eigenvalue weighted by Gasteiger charge is -2.14. The van der Waals surface area contributed by atoms with Crippen LogP contribution < -0.4 is 20.7 Å². The highest BCUT2D eigenvalue weighted by atomic mass is 32.2. The smallest absolute Gasteiger partial charge is 0.272 e. The minimum Gasteiger partial charge on any atom is -0.489 e. The first-order chi connectivity index (χ1) is 23.2. The second kappa shape index (κ2) is 16.3. The van der Waals surface area contributed by atoms with Crippen LogP contribution in [0.2, 0.25) is 0 Å². The summed E-state index contributed by atoms with van der Waals surface area (Å²) in [7, 11) is 0. The molecule has 0 saturated heterocycles. The predicted octanol–water partition coefficient (Wildman–Crippen LogP) is 8.41. The number of aryl methyl sites for hydroxylation is 2. The molecule has 0 fully saturated rings. The molecule has 5 aromatic rings. The lowest BCUT2D eigenvalue weighted by atomic mass is 10.1. The van der Waals surface area contributed by atoms with Crippen molar-refractivity contribution in [1.29, 1.82) is 0 Å². The Morgan fingerprint density at radius 2 is 1.38 bits per heavy atom. The number of anilines is 2. The molecule has 5 aromatic carbocycles. The molecule has 0 aliphatic rings. The third kappa shape index (κ3) is 9.70. The number of hydrogen-bond acceptors (Lipinski definition) is 5. The highest BCUT2D eigenvalue weighted by molar-refractivity contribution is 8.00. The molecule has 0 aliphatic carbocycles. The van der Waals surface area contributed by atoms with Crippen molar-refractivity contribution in [3.63, 3.8) is 0 Å². The van der Waals surface area contributed by atoms with Gasteiger partial charge in [0, 0.05) is 21.8 Å². The Labute approximate surface area is 285 Å². The number of carbonyl (C=O) groups excluding carboxylic acids is 3. The number of benzene rings is 5. The minimum atomic E-state index is -0.481. The van der Waals surface area contributed by atoms with E-state index in [1.807, 2.05) is 112 Å². The zero-order chi connectivity index (χ0) is 33.9. The average Bonchev–Trinajstić information content (AvgIpc) is 3.10. The fourth-order valence-corrected chi connectivity index (χ4v) is 5.51. The van der Waals surface area contributed by atoms with Crippen LogP contribution in [0.4, 0.5) is 11.4 Å². The van der Waals surface area contributed by atoms with Crippen LogP contribution in [0.1, 0.15) is 39.5 Å². The van der Waals surface area contributed by atoms with E-state index in [4.69, 9.17) is 4.74 Å². The Morgan fingerprint density at radius 1 is 0.729 bits per heavy atom. The number of nitrogens with one attached hydrogen (secondary N) is 3. The van der Waals surface area contributed by atoms with Crippen LogP contribution in [-0.2, 0) is 16.2 Å². The first-order valence-corrected chi connectivity index (χ1v) is 16.4. The summed E-state index contributed by atoms with van der Waals surface area (Å²) in [5, 5.41) is 8.29. The maximum Gasteiger partial charge on any atom is 0.272 e. The lowest BCUT2D eigenvalue weighted by Crippen LogP contribution is -2.30. The molecular formula is C40H37N3O4S. The van der Waals surface area contributed by atoms with Crippen LogP contribution in [0, 0.1) is 13.8 Å². The van der Waals surface area contributed by atoms with Gasteiger partial charge >= 0.3 is 0 Å². The number of hydrogen-bond donors (Lipinski definition) is 3. The highest BCUT2D eigenvalue weighted by Gasteiger charge is 2.17. The topological polar surface area (TPSA) is 96.5 Å². The molecule has 0 spiro atoms. The minimum absolute atomic E-state index is 0.0805. The van der Waals surface area contributed by atoms with Crippen LogP contribution >= 0.6 is 11.8 Å². The Balaban J connectivity index is 1.24. The number of rotatable bonds is 12. The molecule has 5 rings (SSSR count). The summed E-state index contributed by atoms with van der Waals surface area (Å²) in [4.78, 5) is 40.2. The van der Waals surface area contributed by atoms with Gasteiger partial charge in [-0.1, -0.05) is 66.7 Å². The molecule has 0 aliphatic heterocycles. The Kier molecular flexibility index (Phi) is 11.5. The van der Waals surface area contributed by atoms with Crippen molar-refractivity contribution in [2.24, 2.45) is 0 Å². The number of thioether (sulfide) groups is 1. The molecule has 0 bridgehead atoms. The quantitative estimate of drug-likeness (QED) is 0.0927. The van der Waals surface area contributed by atoms with Crippen molar-refractivity contribution < 1.29 is 19.1 Å². The molecule has 0 aromatic heterocycles. The van der Waals surface area contributed by atoms with Gasteiger partial charge in [0.15, 0.2) is 0 Å². The van der Waals surface area contributed by atoms with E-state index in [1.165, 1.54) is 17.3 Å². The van der Waals surface area contributed by atoms with Crippen molar-refractivity contribution in [1.82, 2.24) is 5.32 Å². The first kappa shape index (κ1) is 33.8. The van der Waals surface area contributed by atoms with Crippen molar-refractivity contribution in [3.05, 3.63) is 161 Å². The van der Waals surface area contributed by atoms with Crippen molar-refractivity contribution >= 4 is 46.9 Å². The molecule has 8 heteroatoms. The van der Waals surface area contributed by atoms with Gasteiger partial charge in [0.25, 0.3) is 11.8 Å². The molecule has 1 atom stereocenters. The zero-order valence-electron chi connectivity index (χ0n) is 27.0. The summed E-state index contributed by atoms with van der Waals surface area (Å²) in [6.07, 6.45) is 1.62. The van der Waals surface area contributed by atoms with E-state index in [9.17, 15) is 14.4 Å². The maximum absolute atomic E-state index is 13.5. The van der Waals surface area contributed by atoms with E-state index in [-0.39, 0.29) is 16.9 Å². The molecular weight excluding hydrogens is 619 g/mol. The molecule has 0 saturated carbocycles. The van der Waals surface area contributed by atoms with E-state index in [0.29, 0.717) is 29.2 Å². The van der Waals surface area contributed by atoms with Gasteiger partial charge in [0.05, 0.1) is 5.25 Å². The fourth-order valence-electron chi connectivity index (χ4n) is 4.65. The van der Waals surface area contributed by atoms with E-state index in [2.05, 4.69) is 16.0 Å². The van der Waals surface area contributed by atoms with Crippen LogP contribution in [0.3, 0.4) is 0 Å². The van der Waals surface area contributed by atoms with Gasteiger partial charge in [-0.25, -0.2) is 0 Å². The van der Waals surface area contributed by atoms with Crippen LogP contribution in [0.5, 0.6) is 5.75 Å². The number of ether oxygens (including phenoxy) is 1. The second-order valence-electron chi connectivity index (χ2n) is 11.2. The van der Waals surface area contributed by atoms with Crippen LogP contribution in [-0.4, -0.2) is 23.0 Å². The molecule has 48 heavy (non-hydrogen) atoms. The summed E-state index contributed by atoms with van der Waals surface area (Å²) in [6.45, 7) is 6.34. The SMILES string of the molecule is Cc1ccc(NC(=O)C(C)Sc2ccc(NC(=O)/C(=C/c3ccc(OCc4ccccc4)cc3)NC(=O)c3ccccc3)cc2)cc1C. The van der Waals surface area contributed by atoms with Crippen molar-refractivity contribution in [3.8, 4) is 5.75 Å². The van der Waals surface area contributed by atoms with E-state index < -0.39 is 11.8 Å². The van der Waals surface area contributed by atoms with Gasteiger partial charge in [-0.15, -0.1) is 11.8 Å². The van der Waals surface area contributed by atoms with Gasteiger partial charge in [0.2, 0.25) is 5.91 Å². The standard InChI is InChI=1S/C40H37N3O4S/c1-27-14-17-34(24-28(27)2)42-38(44)29(3)48-36-22-18-33(19-23-36)41-40(46)37(43-39(45)32-12-8-5-9-13-32)25-30-15-20-35(21-16-30)47-26-31-10-6-4-7-11-31/h4-25,29H,26H2,1-3H3,(H,41,46)(H,42,44)(H,43,45)/b37-25-. The third-order valence-corrected chi connectivity index (χ3v) is 8.65. The van der Waals surface area contributed by atoms with E-state index in [1.54, 1.807) is 42.5 Å². The van der Waals surface area contributed by atoms with E-state index in [0.717, 1.165) is 21.7 Å². The molecule has 242 valence electrons. The highest BCUT2D eigenvalue weighted by Crippen LogP contribution is 2.26. The zero-order valence-corrected chi connectivity index (χ0v) is 27.8. The van der Waals surface area contributed by atoms with Crippen molar-refractivity contribution in [2.45, 2.75) is 37.5 Å². The molecule has 1 unspecified atom stereocenters. The van der Waals surface area contributed by atoms with Gasteiger partial charge in [-0.2, -0.15) is 0 Å². The summed E-state index contributed by atoms with van der Waals surface area (Å²) in [6, 6.07) is 39.0. The summed E-state index contributed by atoms with van der Waals surface area (Å²) >= 11 is 1.42. The molecule has 7 nitrogen and oxygen atoms in total. The Morgan fingerprint density at radius 3 is 2.04 bits per heavy atom. The van der Waals surface area contributed by atoms with Gasteiger partial charge in [-0.05, 0) is 110 Å². The fraction of sp³-hybridized carbons (Fsp3) is 0.125. The largest absolute Gasteiger partial charge is 0.489 e. The van der Waals surface area contributed by atoms with Gasteiger partial charge in [0.1, 0.15) is 18.1 Å². The summed E-state index contributed by atoms with van der Waals surface area (Å²) in [5.41, 5.74) is 5.87. The first-order valence-electron chi connectivity index (χ1n) is 15.5. The Hall–Kier alpha value is -5.60. The number of carbonyl (C=O) groups is 3. The van der Waals surface area contributed by atoms with Crippen molar-refractivity contribution in [2.75, 3.05) is 10.6 Å². The number of amides is 3. The molecule has 0 radical (unpaired) electrons. The van der Waals surface area contributed by atoms with Crippen LogP contribution in [0.25, 0.3) is 6.08 Å². The van der Waals surface area contributed by atoms with Gasteiger partial charge < -0.3 is 20.7 Å². The van der Waals surface area contributed by atoms with E-state index >= 15 is 0 Å². The average molecular weight is 656 g/mol.